The molecule has 22 heavy (non-hydrogen) atoms. The minimum absolute atomic E-state index is 0. The van der Waals surface area contributed by atoms with Crippen molar-refractivity contribution < 1.29 is 8.91 Å². The second kappa shape index (κ2) is 7.67. The zero-order valence-electron chi connectivity index (χ0n) is 12.2. The lowest BCUT2D eigenvalue weighted by Crippen LogP contribution is -2.21. The number of rotatable bonds is 5. The van der Waals surface area contributed by atoms with Crippen molar-refractivity contribution in [1.29, 1.82) is 0 Å². The van der Waals surface area contributed by atoms with E-state index < -0.39 is 0 Å². The van der Waals surface area contributed by atoms with Crippen LogP contribution in [0.2, 0.25) is 0 Å². The number of likely N-dealkylation sites (tertiary alicyclic amines) is 1. The maximum absolute atomic E-state index is 12.9. The number of aromatic nitrogens is 2. The Morgan fingerprint density at radius 1 is 1.32 bits per heavy atom. The van der Waals surface area contributed by atoms with E-state index in [0.717, 1.165) is 25.9 Å². The van der Waals surface area contributed by atoms with Gasteiger partial charge in [-0.2, -0.15) is 4.98 Å². The Morgan fingerprint density at radius 3 is 2.77 bits per heavy atom. The van der Waals surface area contributed by atoms with Crippen molar-refractivity contribution in [3.05, 3.63) is 47.4 Å². The third-order valence-electron chi connectivity index (χ3n) is 3.86. The quantitative estimate of drug-likeness (QED) is 0.912. The molecule has 0 radical (unpaired) electrons. The van der Waals surface area contributed by atoms with Crippen LogP contribution in [0.15, 0.2) is 28.8 Å². The van der Waals surface area contributed by atoms with Crippen molar-refractivity contribution in [3.63, 3.8) is 0 Å². The molecule has 5 nitrogen and oxygen atoms in total. The second-order valence-corrected chi connectivity index (χ2v) is 5.53. The van der Waals surface area contributed by atoms with Gasteiger partial charge in [0.2, 0.25) is 5.89 Å². The molecule has 1 aliphatic rings. The molecule has 2 aromatic rings. The molecule has 1 fully saturated rings. The molecule has 2 heterocycles. The minimum atomic E-state index is -0.181. The van der Waals surface area contributed by atoms with Crippen LogP contribution in [0, 0.1) is 11.7 Å². The van der Waals surface area contributed by atoms with Crippen LogP contribution in [0.5, 0.6) is 0 Å². The molecule has 1 atom stereocenters. The largest absolute Gasteiger partial charge is 0.338 e. The maximum atomic E-state index is 12.9. The normalized spacial score (nSPS) is 18.4. The topological polar surface area (TPSA) is 68.2 Å². The summed E-state index contributed by atoms with van der Waals surface area (Å²) in [7, 11) is 0. The van der Waals surface area contributed by atoms with E-state index in [0.29, 0.717) is 24.2 Å². The third-order valence-corrected chi connectivity index (χ3v) is 3.86. The van der Waals surface area contributed by atoms with Gasteiger partial charge in [-0.3, -0.25) is 4.90 Å². The summed E-state index contributed by atoms with van der Waals surface area (Å²) in [4.78, 5) is 6.54. The Kier molecular flexibility index (Phi) is 5.88. The summed E-state index contributed by atoms with van der Waals surface area (Å²) in [5.74, 6) is 1.58. The Morgan fingerprint density at radius 2 is 2.09 bits per heavy atom. The summed E-state index contributed by atoms with van der Waals surface area (Å²) in [6.45, 7) is 3.01. The van der Waals surface area contributed by atoms with Crippen molar-refractivity contribution in [2.45, 2.75) is 25.9 Å². The van der Waals surface area contributed by atoms with Gasteiger partial charge in [0, 0.05) is 6.54 Å². The number of hydrogen-bond donors (Lipinski definition) is 1. The SMILES string of the molecule is Cl.NCc1nc(CN2CCC(Cc3ccc(F)cc3)C2)no1. The van der Waals surface area contributed by atoms with Crippen molar-refractivity contribution in [1.82, 2.24) is 15.0 Å². The predicted octanol–water partition coefficient (Wildman–Crippen LogP) is 2.15. The summed E-state index contributed by atoms with van der Waals surface area (Å²) >= 11 is 0. The molecule has 1 unspecified atom stereocenters. The Hall–Kier alpha value is -1.50. The Bertz CT molecular complexity index is 589. The van der Waals surface area contributed by atoms with E-state index in [-0.39, 0.29) is 24.8 Å². The van der Waals surface area contributed by atoms with E-state index in [1.54, 1.807) is 0 Å². The van der Waals surface area contributed by atoms with Gasteiger partial charge in [0.05, 0.1) is 13.1 Å². The fourth-order valence-corrected chi connectivity index (χ4v) is 2.81. The number of nitrogens with zero attached hydrogens (tertiary/aromatic N) is 3. The van der Waals surface area contributed by atoms with Crippen molar-refractivity contribution >= 4 is 12.4 Å². The van der Waals surface area contributed by atoms with E-state index in [9.17, 15) is 4.39 Å². The van der Waals surface area contributed by atoms with E-state index in [1.807, 2.05) is 12.1 Å². The fraction of sp³-hybridized carbons (Fsp3) is 0.467. The lowest BCUT2D eigenvalue weighted by molar-refractivity contribution is 0.298. The Labute approximate surface area is 135 Å². The first-order valence-electron chi connectivity index (χ1n) is 7.21. The molecule has 1 saturated heterocycles. The van der Waals surface area contributed by atoms with Gasteiger partial charge >= 0.3 is 0 Å². The molecule has 1 aliphatic heterocycles. The fourth-order valence-electron chi connectivity index (χ4n) is 2.81. The maximum Gasteiger partial charge on any atom is 0.240 e. The van der Waals surface area contributed by atoms with E-state index in [2.05, 4.69) is 15.0 Å². The van der Waals surface area contributed by atoms with Gasteiger partial charge < -0.3 is 10.3 Å². The first-order chi connectivity index (χ1) is 10.2. The number of hydrogen-bond acceptors (Lipinski definition) is 5. The first-order valence-corrected chi connectivity index (χ1v) is 7.21. The van der Waals surface area contributed by atoms with Crippen LogP contribution in [0.3, 0.4) is 0 Å². The highest BCUT2D eigenvalue weighted by atomic mass is 35.5. The van der Waals surface area contributed by atoms with Gasteiger partial charge in [-0.15, -0.1) is 12.4 Å². The molecule has 3 rings (SSSR count). The van der Waals surface area contributed by atoms with E-state index >= 15 is 0 Å². The van der Waals surface area contributed by atoms with Crippen LogP contribution < -0.4 is 5.73 Å². The zero-order chi connectivity index (χ0) is 14.7. The van der Waals surface area contributed by atoms with Gasteiger partial charge in [-0.05, 0) is 43.0 Å². The molecule has 2 N–H and O–H groups in total. The van der Waals surface area contributed by atoms with E-state index in [4.69, 9.17) is 10.3 Å². The van der Waals surface area contributed by atoms with Crippen molar-refractivity contribution in [3.8, 4) is 0 Å². The van der Waals surface area contributed by atoms with E-state index in [1.165, 1.54) is 17.7 Å². The number of halogens is 2. The van der Waals surface area contributed by atoms with Gasteiger partial charge in [-0.1, -0.05) is 17.3 Å². The van der Waals surface area contributed by atoms with Gasteiger partial charge in [-0.25, -0.2) is 4.39 Å². The van der Waals surface area contributed by atoms with Crippen LogP contribution in [-0.2, 0) is 19.5 Å². The lowest BCUT2D eigenvalue weighted by atomic mass is 9.99. The van der Waals surface area contributed by atoms with Gasteiger partial charge in [0.25, 0.3) is 0 Å². The molecule has 1 aromatic heterocycles. The lowest BCUT2D eigenvalue weighted by Gasteiger charge is -2.13. The summed E-state index contributed by atoms with van der Waals surface area (Å²) < 4.78 is 17.9. The highest BCUT2D eigenvalue weighted by Gasteiger charge is 2.24. The third kappa shape index (κ3) is 4.25. The molecule has 0 spiro atoms. The molecular formula is C15H20ClFN4O. The van der Waals surface area contributed by atoms with Crippen LogP contribution in [0.4, 0.5) is 4.39 Å². The van der Waals surface area contributed by atoms with Gasteiger partial charge in [0.1, 0.15) is 5.82 Å². The zero-order valence-corrected chi connectivity index (χ0v) is 13.1. The van der Waals surface area contributed by atoms with Crippen LogP contribution in [-0.4, -0.2) is 28.1 Å². The molecular weight excluding hydrogens is 307 g/mol. The summed E-state index contributed by atoms with van der Waals surface area (Å²) in [6, 6.07) is 6.78. The second-order valence-electron chi connectivity index (χ2n) is 5.53. The van der Waals surface area contributed by atoms with Crippen molar-refractivity contribution in [2.24, 2.45) is 11.7 Å². The van der Waals surface area contributed by atoms with Crippen molar-refractivity contribution in [2.75, 3.05) is 13.1 Å². The molecule has 0 bridgehead atoms. The molecule has 7 heteroatoms. The number of nitrogens with two attached hydrogens (primary N) is 1. The minimum Gasteiger partial charge on any atom is -0.338 e. The van der Waals surface area contributed by atoms with Crippen LogP contribution in [0.1, 0.15) is 23.7 Å². The van der Waals surface area contributed by atoms with Gasteiger partial charge in [0.15, 0.2) is 5.82 Å². The smallest absolute Gasteiger partial charge is 0.240 e. The molecule has 1 aromatic carbocycles. The Balaban J connectivity index is 0.00000176. The molecule has 0 aliphatic carbocycles. The summed E-state index contributed by atoms with van der Waals surface area (Å²) in [5, 5.41) is 3.92. The average molecular weight is 327 g/mol. The standard InChI is InChI=1S/C15H19FN4O.ClH/c16-13-3-1-11(2-4-13)7-12-5-6-20(9-12)10-14-18-15(8-17)21-19-14;/h1-4,12H,5-10,17H2;1H. The van der Waals surface area contributed by atoms with Crippen LogP contribution in [0.25, 0.3) is 0 Å². The van der Waals surface area contributed by atoms with Crippen LogP contribution >= 0.6 is 12.4 Å². The molecule has 0 amide bonds. The summed E-state index contributed by atoms with van der Waals surface area (Å²) in [6.07, 6.45) is 2.12. The molecule has 0 saturated carbocycles. The highest BCUT2D eigenvalue weighted by Crippen LogP contribution is 2.22. The number of benzene rings is 1. The highest BCUT2D eigenvalue weighted by molar-refractivity contribution is 5.85. The first kappa shape index (κ1) is 16.9. The monoisotopic (exact) mass is 326 g/mol. The average Bonchev–Trinajstić information content (AvgIpc) is 3.11. The predicted molar refractivity (Wildman–Crippen MR) is 82.9 cm³/mol. The molecule has 120 valence electrons. The summed E-state index contributed by atoms with van der Waals surface area (Å²) in [5.41, 5.74) is 6.64.